The molecule has 0 N–H and O–H groups in total. The molecule has 0 saturated heterocycles. The molecule has 7 heteroatoms. The minimum absolute atomic E-state index is 0. The number of rotatable bonds is 0. The van der Waals surface area contributed by atoms with Gasteiger partial charge in [0.05, 0.1) is 0 Å². The third-order valence-corrected chi connectivity index (χ3v) is 0.852. The van der Waals surface area contributed by atoms with Crippen LogP contribution < -0.4 is 0 Å². The highest BCUT2D eigenvalue weighted by atomic mass is 35.5. The van der Waals surface area contributed by atoms with Gasteiger partial charge in [-0.1, -0.05) is 17.7 Å². The van der Waals surface area contributed by atoms with E-state index >= 15 is 0 Å². The first-order valence-corrected chi connectivity index (χ1v) is 3.21. The van der Waals surface area contributed by atoms with Gasteiger partial charge in [-0.3, -0.25) is 0 Å². The fourth-order valence-electron chi connectivity index (χ4n) is 0.342. The molecule has 1 nitrogen and oxygen atoms in total. The lowest BCUT2D eigenvalue weighted by Gasteiger charge is -1.94. The predicted octanol–water partition coefficient (Wildman–Crippen LogP) is 3.15. The maximum Gasteiger partial charge on any atom is 1.00 e. The van der Waals surface area contributed by atoms with Gasteiger partial charge < -0.3 is 17.3 Å². The van der Waals surface area contributed by atoms with Crippen molar-refractivity contribution >= 4 is 18.9 Å². The van der Waals surface area contributed by atoms with Gasteiger partial charge in [0.25, 0.3) is 0 Å². The number of hydrogen-bond acceptors (Lipinski definition) is 1. The van der Waals surface area contributed by atoms with Gasteiger partial charge in [0.2, 0.25) is 0 Å². The molecule has 0 radical (unpaired) electrons. The SMILES string of the molecule is Clc1ccccn1.F[B-](F)(F)F.[H+]. The van der Waals surface area contributed by atoms with Crippen LogP contribution in [-0.4, -0.2) is 12.2 Å². The number of aromatic nitrogens is 1. The normalized spacial score (nSPS) is 10.1. The van der Waals surface area contributed by atoms with E-state index in [4.69, 9.17) is 11.6 Å². The molecule has 0 unspecified atom stereocenters. The zero-order valence-electron chi connectivity index (χ0n) is 6.72. The number of pyridine rings is 1. The third kappa shape index (κ3) is 12.0. The fourth-order valence-corrected chi connectivity index (χ4v) is 0.471. The van der Waals surface area contributed by atoms with E-state index in [2.05, 4.69) is 4.98 Å². The lowest BCUT2D eigenvalue weighted by molar-refractivity contribution is 0.368. The second kappa shape index (κ2) is 4.98. The Bertz CT molecular complexity index is 214. The molecule has 1 heterocycles. The minimum Gasteiger partial charge on any atom is -0.418 e. The topological polar surface area (TPSA) is 12.9 Å². The van der Waals surface area contributed by atoms with Crippen molar-refractivity contribution in [2.45, 2.75) is 0 Å². The average Bonchev–Trinajstić information content (AvgIpc) is 1.85. The Morgan fingerprint density at radius 2 is 1.75 bits per heavy atom. The molecule has 0 bridgehead atoms. The van der Waals surface area contributed by atoms with E-state index in [9.17, 15) is 17.3 Å². The molecule has 0 atom stereocenters. The van der Waals surface area contributed by atoms with E-state index in [0.717, 1.165) is 0 Å². The van der Waals surface area contributed by atoms with Gasteiger partial charge in [0.1, 0.15) is 5.15 Å². The van der Waals surface area contributed by atoms with E-state index in [1.54, 1.807) is 12.3 Å². The van der Waals surface area contributed by atoms with E-state index < -0.39 is 7.25 Å². The van der Waals surface area contributed by atoms with Crippen molar-refractivity contribution in [3.8, 4) is 0 Å². The third-order valence-electron chi connectivity index (χ3n) is 0.629. The second-order valence-corrected chi connectivity index (χ2v) is 2.03. The van der Waals surface area contributed by atoms with E-state index in [0.29, 0.717) is 5.15 Å². The Morgan fingerprint density at radius 3 is 1.92 bits per heavy atom. The van der Waals surface area contributed by atoms with Gasteiger partial charge in [0.15, 0.2) is 0 Å². The van der Waals surface area contributed by atoms with Crippen LogP contribution in [0.4, 0.5) is 17.3 Å². The van der Waals surface area contributed by atoms with Crippen LogP contribution in [-0.2, 0) is 0 Å². The highest BCUT2D eigenvalue weighted by Gasteiger charge is 2.20. The van der Waals surface area contributed by atoms with Gasteiger partial charge in [-0.25, -0.2) is 4.98 Å². The molecule has 0 aliphatic carbocycles. The van der Waals surface area contributed by atoms with Crippen LogP contribution in [0, 0.1) is 0 Å². The molecule has 12 heavy (non-hydrogen) atoms. The van der Waals surface area contributed by atoms with Crippen molar-refractivity contribution in [3.63, 3.8) is 0 Å². The maximum absolute atomic E-state index is 9.75. The zero-order chi connectivity index (χ0) is 9.61. The fraction of sp³-hybridized carbons (Fsp3) is 0. The van der Waals surface area contributed by atoms with Crippen LogP contribution in [0.2, 0.25) is 5.15 Å². The van der Waals surface area contributed by atoms with Gasteiger partial charge in [-0.05, 0) is 12.1 Å². The summed E-state index contributed by atoms with van der Waals surface area (Å²) >= 11 is 5.43. The molecule has 1 rings (SSSR count). The zero-order valence-corrected chi connectivity index (χ0v) is 6.48. The summed E-state index contributed by atoms with van der Waals surface area (Å²) in [5.74, 6) is 0. The molecule has 0 saturated carbocycles. The Hall–Kier alpha value is -0.775. The molecule has 0 aliphatic rings. The lowest BCUT2D eigenvalue weighted by Crippen LogP contribution is -2.02. The molecule has 0 aromatic carbocycles. The summed E-state index contributed by atoms with van der Waals surface area (Å²) in [7, 11) is -6.00. The summed E-state index contributed by atoms with van der Waals surface area (Å²) < 4.78 is 39.0. The summed E-state index contributed by atoms with van der Waals surface area (Å²) in [6.45, 7) is 0. The van der Waals surface area contributed by atoms with E-state index in [-0.39, 0.29) is 1.43 Å². The number of hydrogen-bond donors (Lipinski definition) is 0. The Kier molecular flexibility index (Phi) is 4.65. The summed E-state index contributed by atoms with van der Waals surface area (Å²) in [4.78, 5) is 3.74. The number of nitrogens with zero attached hydrogens (tertiary/aromatic N) is 1. The highest BCUT2D eigenvalue weighted by Crippen LogP contribution is 2.06. The highest BCUT2D eigenvalue weighted by molar-refractivity contribution is 6.50. The molecule has 0 fully saturated rings. The Balaban J connectivity index is 0. The smallest absolute Gasteiger partial charge is 0.418 e. The van der Waals surface area contributed by atoms with E-state index in [1.807, 2.05) is 12.1 Å². The monoisotopic (exact) mass is 201 g/mol. The average molecular weight is 201 g/mol. The van der Waals surface area contributed by atoms with Crippen LogP contribution in [0.1, 0.15) is 1.43 Å². The molecule has 0 amide bonds. The molecule has 0 spiro atoms. The first-order chi connectivity index (χ1) is 5.39. The largest absolute Gasteiger partial charge is 1.00 e. The first-order valence-electron chi connectivity index (χ1n) is 2.83. The molecule has 1 aromatic rings. The predicted molar refractivity (Wildman–Crippen MR) is 40.5 cm³/mol. The van der Waals surface area contributed by atoms with Gasteiger partial charge in [-0.15, -0.1) is 0 Å². The van der Waals surface area contributed by atoms with Crippen LogP contribution in [0.5, 0.6) is 0 Å². The Morgan fingerprint density at radius 1 is 1.25 bits per heavy atom. The summed E-state index contributed by atoms with van der Waals surface area (Å²) in [6, 6.07) is 5.41. The van der Waals surface area contributed by atoms with Crippen molar-refractivity contribution in [2.24, 2.45) is 0 Å². The minimum atomic E-state index is -6.00. The van der Waals surface area contributed by atoms with Crippen molar-refractivity contribution in [3.05, 3.63) is 29.5 Å². The molecule has 68 valence electrons. The molecular formula is C5H5BClF4N. The van der Waals surface area contributed by atoms with Gasteiger partial charge in [0, 0.05) is 6.20 Å². The summed E-state index contributed by atoms with van der Waals surface area (Å²) in [5.41, 5.74) is 0. The molecular weight excluding hydrogens is 196 g/mol. The molecule has 0 aliphatic heterocycles. The second-order valence-electron chi connectivity index (χ2n) is 1.65. The van der Waals surface area contributed by atoms with Crippen molar-refractivity contribution < 1.29 is 18.7 Å². The summed E-state index contributed by atoms with van der Waals surface area (Å²) in [5, 5.41) is 0.544. The van der Waals surface area contributed by atoms with Crippen LogP contribution in [0.3, 0.4) is 0 Å². The van der Waals surface area contributed by atoms with Crippen molar-refractivity contribution in [1.82, 2.24) is 4.98 Å². The quantitative estimate of drug-likeness (QED) is 0.357. The van der Waals surface area contributed by atoms with Crippen molar-refractivity contribution in [2.75, 3.05) is 0 Å². The molecule has 1 aromatic heterocycles. The standard InChI is InChI=1S/C5H4ClN.BF4/c6-5-3-1-2-4-7-5;2-1(3,4)5/h1-4H;/q;-1/p+1. The lowest BCUT2D eigenvalue weighted by atomic mass is 10.3. The van der Waals surface area contributed by atoms with Crippen LogP contribution >= 0.6 is 11.6 Å². The van der Waals surface area contributed by atoms with Crippen LogP contribution in [0.25, 0.3) is 0 Å². The van der Waals surface area contributed by atoms with Gasteiger partial charge >= 0.3 is 8.68 Å². The van der Waals surface area contributed by atoms with E-state index in [1.165, 1.54) is 0 Å². The van der Waals surface area contributed by atoms with Gasteiger partial charge in [-0.2, -0.15) is 0 Å². The maximum atomic E-state index is 9.75. The number of halogens is 5. The Labute approximate surface area is 73.0 Å². The first kappa shape index (κ1) is 11.2. The summed E-state index contributed by atoms with van der Waals surface area (Å²) in [6.07, 6.45) is 1.66. The van der Waals surface area contributed by atoms with Crippen LogP contribution in [0.15, 0.2) is 24.4 Å². The van der Waals surface area contributed by atoms with Crippen molar-refractivity contribution in [1.29, 1.82) is 0 Å².